The van der Waals surface area contributed by atoms with Gasteiger partial charge in [-0.3, -0.25) is 0 Å². The monoisotopic (exact) mass is 206 g/mol. The van der Waals surface area contributed by atoms with Crippen LogP contribution in [0.5, 0.6) is 6.01 Å². The van der Waals surface area contributed by atoms with Crippen molar-refractivity contribution in [2.75, 3.05) is 7.11 Å². The first-order valence-electron chi connectivity index (χ1n) is 4.34. The minimum atomic E-state index is 0.269. The van der Waals surface area contributed by atoms with Gasteiger partial charge in [0.15, 0.2) is 0 Å². The van der Waals surface area contributed by atoms with Crippen molar-refractivity contribution in [2.24, 2.45) is 0 Å². The van der Waals surface area contributed by atoms with E-state index in [0.29, 0.717) is 17.6 Å². The van der Waals surface area contributed by atoms with Crippen molar-refractivity contribution in [1.29, 1.82) is 0 Å². The number of hydrogen-bond donors (Lipinski definition) is 0. The van der Waals surface area contributed by atoms with Gasteiger partial charge in [0.1, 0.15) is 18.0 Å². The molecule has 2 aromatic rings. The van der Waals surface area contributed by atoms with E-state index in [2.05, 4.69) is 25.0 Å². The standard InChI is InChI=1S/C8H10N6O/c1-5-9-4-14(13-5)7-10-6(2)11-8(12-7)15-3/h4H,1-3H3. The van der Waals surface area contributed by atoms with Gasteiger partial charge in [-0.15, -0.1) is 5.10 Å². The van der Waals surface area contributed by atoms with Gasteiger partial charge in [-0.05, 0) is 13.8 Å². The van der Waals surface area contributed by atoms with E-state index in [-0.39, 0.29) is 6.01 Å². The third-order valence-electron chi connectivity index (χ3n) is 1.71. The van der Waals surface area contributed by atoms with E-state index in [4.69, 9.17) is 4.74 Å². The van der Waals surface area contributed by atoms with Gasteiger partial charge in [0.05, 0.1) is 7.11 Å². The van der Waals surface area contributed by atoms with Gasteiger partial charge < -0.3 is 4.74 Å². The highest BCUT2D eigenvalue weighted by Gasteiger charge is 2.06. The van der Waals surface area contributed by atoms with Crippen molar-refractivity contribution < 1.29 is 4.74 Å². The molecule has 0 spiro atoms. The number of aromatic nitrogens is 6. The number of nitrogens with zero attached hydrogens (tertiary/aromatic N) is 6. The maximum Gasteiger partial charge on any atom is 0.321 e. The lowest BCUT2D eigenvalue weighted by Crippen LogP contribution is -2.06. The van der Waals surface area contributed by atoms with E-state index in [9.17, 15) is 0 Å². The van der Waals surface area contributed by atoms with Crippen LogP contribution in [0, 0.1) is 13.8 Å². The zero-order valence-corrected chi connectivity index (χ0v) is 8.67. The van der Waals surface area contributed by atoms with Crippen LogP contribution in [0.3, 0.4) is 0 Å². The average Bonchev–Trinajstić information content (AvgIpc) is 2.64. The molecule has 2 heterocycles. The van der Waals surface area contributed by atoms with Gasteiger partial charge in [0, 0.05) is 0 Å². The number of methoxy groups -OCH3 is 1. The molecule has 7 nitrogen and oxygen atoms in total. The van der Waals surface area contributed by atoms with Crippen LogP contribution >= 0.6 is 0 Å². The SMILES string of the molecule is COc1nc(C)nc(-n2cnc(C)n2)n1. The van der Waals surface area contributed by atoms with Crippen LogP contribution in [0.1, 0.15) is 11.6 Å². The Bertz CT molecular complexity index is 480. The first kappa shape index (κ1) is 9.50. The van der Waals surface area contributed by atoms with Crippen LogP contribution in [0.4, 0.5) is 0 Å². The predicted molar refractivity (Wildman–Crippen MR) is 50.8 cm³/mol. The Labute approximate surface area is 86.2 Å². The molecule has 0 amide bonds. The molecule has 0 aliphatic rings. The lowest BCUT2D eigenvalue weighted by atomic mass is 10.7. The van der Waals surface area contributed by atoms with Crippen LogP contribution < -0.4 is 4.74 Å². The molecule has 0 saturated carbocycles. The van der Waals surface area contributed by atoms with Gasteiger partial charge >= 0.3 is 6.01 Å². The quantitative estimate of drug-likeness (QED) is 0.692. The molecule has 0 radical (unpaired) electrons. The molecule has 0 atom stereocenters. The first-order valence-corrected chi connectivity index (χ1v) is 4.34. The average molecular weight is 206 g/mol. The molecule has 2 rings (SSSR count). The molecular formula is C8H10N6O. The highest BCUT2D eigenvalue weighted by Crippen LogP contribution is 2.05. The van der Waals surface area contributed by atoms with E-state index in [1.54, 1.807) is 20.2 Å². The van der Waals surface area contributed by atoms with Crippen LogP contribution in [0.15, 0.2) is 6.33 Å². The second kappa shape index (κ2) is 3.60. The van der Waals surface area contributed by atoms with Crippen molar-refractivity contribution in [2.45, 2.75) is 13.8 Å². The fourth-order valence-electron chi connectivity index (χ4n) is 1.08. The molecule has 0 fully saturated rings. The highest BCUT2D eigenvalue weighted by atomic mass is 16.5. The van der Waals surface area contributed by atoms with E-state index in [0.717, 1.165) is 0 Å². The number of rotatable bonds is 2. The zero-order valence-electron chi connectivity index (χ0n) is 8.67. The van der Waals surface area contributed by atoms with E-state index in [1.807, 2.05) is 0 Å². The van der Waals surface area contributed by atoms with E-state index >= 15 is 0 Å². The molecule has 0 bridgehead atoms. The van der Waals surface area contributed by atoms with Gasteiger partial charge in [-0.25, -0.2) is 4.98 Å². The van der Waals surface area contributed by atoms with Crippen molar-refractivity contribution in [1.82, 2.24) is 29.7 Å². The summed E-state index contributed by atoms with van der Waals surface area (Å²) in [6.45, 7) is 3.55. The molecule has 0 unspecified atom stereocenters. The van der Waals surface area contributed by atoms with E-state index < -0.39 is 0 Å². The Morgan fingerprint density at radius 2 is 1.93 bits per heavy atom. The molecule has 15 heavy (non-hydrogen) atoms. The molecule has 78 valence electrons. The number of aryl methyl sites for hydroxylation is 2. The maximum atomic E-state index is 4.94. The normalized spacial score (nSPS) is 10.3. The fraction of sp³-hybridized carbons (Fsp3) is 0.375. The smallest absolute Gasteiger partial charge is 0.321 e. The summed E-state index contributed by atoms with van der Waals surface area (Å²) in [5.74, 6) is 1.64. The lowest BCUT2D eigenvalue weighted by molar-refractivity contribution is 0.375. The van der Waals surface area contributed by atoms with Crippen LogP contribution in [-0.2, 0) is 0 Å². The zero-order chi connectivity index (χ0) is 10.8. The highest BCUT2D eigenvalue weighted by molar-refractivity contribution is 5.12. The number of ether oxygens (including phenoxy) is 1. The Balaban J connectivity index is 2.48. The molecule has 0 aliphatic heterocycles. The molecule has 2 aromatic heterocycles. The molecule has 0 N–H and O–H groups in total. The first-order chi connectivity index (χ1) is 7.19. The molecule has 7 heteroatoms. The third-order valence-corrected chi connectivity index (χ3v) is 1.71. The third kappa shape index (κ3) is 1.90. The minimum Gasteiger partial charge on any atom is -0.467 e. The van der Waals surface area contributed by atoms with Gasteiger partial charge in [0.25, 0.3) is 5.95 Å². The Morgan fingerprint density at radius 3 is 2.53 bits per heavy atom. The Morgan fingerprint density at radius 1 is 1.13 bits per heavy atom. The van der Waals surface area contributed by atoms with Crippen molar-refractivity contribution >= 4 is 0 Å². The predicted octanol–water partition coefficient (Wildman–Crippen LogP) is 0.0777. The van der Waals surface area contributed by atoms with Gasteiger partial charge in [-0.2, -0.15) is 19.6 Å². The van der Waals surface area contributed by atoms with Gasteiger partial charge in [-0.1, -0.05) is 0 Å². The summed E-state index contributed by atoms with van der Waals surface area (Å²) < 4.78 is 6.42. The van der Waals surface area contributed by atoms with E-state index in [1.165, 1.54) is 11.8 Å². The van der Waals surface area contributed by atoms with Crippen molar-refractivity contribution in [3.63, 3.8) is 0 Å². The largest absolute Gasteiger partial charge is 0.467 e. The fourth-order valence-corrected chi connectivity index (χ4v) is 1.08. The second-order valence-electron chi connectivity index (χ2n) is 2.91. The Hall–Kier alpha value is -2.05. The Kier molecular flexibility index (Phi) is 2.28. The van der Waals surface area contributed by atoms with Crippen LogP contribution in [-0.4, -0.2) is 36.8 Å². The molecule has 0 saturated heterocycles. The summed E-state index contributed by atoms with van der Waals surface area (Å²) in [6.07, 6.45) is 1.55. The van der Waals surface area contributed by atoms with Crippen molar-refractivity contribution in [3.8, 4) is 12.0 Å². The van der Waals surface area contributed by atoms with Crippen LogP contribution in [0.25, 0.3) is 5.95 Å². The summed E-state index contributed by atoms with van der Waals surface area (Å²) in [4.78, 5) is 16.1. The number of hydrogen-bond acceptors (Lipinski definition) is 6. The summed E-state index contributed by atoms with van der Waals surface area (Å²) in [5, 5.41) is 4.09. The van der Waals surface area contributed by atoms with Crippen LogP contribution in [0.2, 0.25) is 0 Å². The second-order valence-corrected chi connectivity index (χ2v) is 2.91. The summed E-state index contributed by atoms with van der Waals surface area (Å²) in [6, 6.07) is 0.269. The lowest BCUT2D eigenvalue weighted by Gasteiger charge is -2.02. The topological polar surface area (TPSA) is 78.6 Å². The van der Waals surface area contributed by atoms with Gasteiger partial charge in [0.2, 0.25) is 0 Å². The molecule has 0 aromatic carbocycles. The maximum absolute atomic E-state index is 4.94. The van der Waals surface area contributed by atoms with Crippen molar-refractivity contribution in [3.05, 3.63) is 18.0 Å². The molecular weight excluding hydrogens is 196 g/mol. The summed E-state index contributed by atoms with van der Waals surface area (Å²) in [7, 11) is 1.51. The minimum absolute atomic E-state index is 0.269. The molecule has 0 aliphatic carbocycles. The summed E-state index contributed by atoms with van der Waals surface area (Å²) >= 11 is 0. The summed E-state index contributed by atoms with van der Waals surface area (Å²) in [5.41, 5.74) is 0.